The molecule has 0 spiro atoms. The van der Waals surface area contributed by atoms with Gasteiger partial charge in [0.2, 0.25) is 0 Å². The van der Waals surface area contributed by atoms with Gasteiger partial charge < -0.3 is 4.22 Å². The number of nitrogens with zero attached hydrogens (tertiary/aromatic N) is 1. The summed E-state index contributed by atoms with van der Waals surface area (Å²) in [5, 5.41) is 0. The Bertz CT molecular complexity index is 22.4. The molecule has 0 aliphatic carbocycles. The van der Waals surface area contributed by atoms with Crippen molar-refractivity contribution in [3.05, 3.63) is 0 Å². The van der Waals surface area contributed by atoms with Gasteiger partial charge in [-0.15, -0.1) is 0 Å². The van der Waals surface area contributed by atoms with Gasteiger partial charge in [-0.05, 0) is 0 Å². The van der Waals surface area contributed by atoms with Gasteiger partial charge in [-0.1, -0.05) is 0 Å². The molecule has 0 aliphatic heterocycles. The van der Waals surface area contributed by atoms with Crippen LogP contribution in [0.25, 0.3) is 0 Å². The summed E-state index contributed by atoms with van der Waals surface area (Å²) in [7, 11) is 8.50. The molecule has 0 amide bonds. The lowest BCUT2D eigenvalue weighted by Crippen LogP contribution is -2.34. The summed E-state index contributed by atoms with van der Waals surface area (Å²) in [6.07, 6.45) is 0. The highest BCUT2D eigenvalue weighted by Crippen LogP contribution is 1.67. The molecule has 1 nitrogen and oxygen atoms in total. The zero-order valence-corrected chi connectivity index (χ0v) is 4.45. The van der Waals surface area contributed by atoms with Crippen molar-refractivity contribution < 1.29 is 4.22 Å². The first-order valence-electron chi connectivity index (χ1n) is 1.79. The van der Waals surface area contributed by atoms with Gasteiger partial charge in [0.15, 0.2) is 0 Å². The molecule has 0 saturated carbocycles. The molecule has 0 aliphatic rings. The molecule has 0 radical (unpaired) electrons. The van der Waals surface area contributed by atoms with E-state index in [2.05, 4.69) is 31.0 Å². The summed E-state index contributed by atoms with van der Waals surface area (Å²) >= 11 is 0. The quantitative estimate of drug-likeness (QED) is 0.266. The Kier molecular flexibility index (Phi) is 1.13. The Morgan fingerprint density at radius 2 is 1.20 bits per heavy atom. The molecule has 0 fully saturated rings. The van der Waals surface area contributed by atoms with Crippen LogP contribution in [0.1, 0.15) is 0 Å². The molecule has 0 aromatic heterocycles. The summed E-state index contributed by atoms with van der Waals surface area (Å²) in [5.41, 5.74) is 0. The Morgan fingerprint density at radius 3 is 1.20 bits per heavy atom. The van der Waals surface area contributed by atoms with Crippen LogP contribution in [0.15, 0.2) is 0 Å². The van der Waals surface area contributed by atoms with Crippen molar-refractivity contribution in [1.82, 2.24) is 0 Å². The smallest absolute Gasteiger partial charge is 0.330 e. The van der Waals surface area contributed by atoms with E-state index in [1.807, 2.05) is 0 Å². The van der Waals surface area contributed by atoms with E-state index in [4.69, 9.17) is 0 Å². The zero-order chi connectivity index (χ0) is 4.50. The third kappa shape index (κ3) is 805. The molecule has 0 bridgehead atoms. The molecule has 0 heterocycles. The van der Waals surface area contributed by atoms with E-state index in [0.29, 0.717) is 0 Å². The fourth-order valence-corrected chi connectivity index (χ4v) is 0. The van der Waals surface area contributed by atoms with E-state index in [1.54, 1.807) is 0 Å². The monoisotopic (exact) mass is 68.1 g/mol. The summed E-state index contributed by atoms with van der Waals surface area (Å²) in [5.74, 6) is 0. The molecule has 0 saturated heterocycles. The third-order valence-corrected chi connectivity index (χ3v) is 0. The van der Waals surface area contributed by atoms with Crippen LogP contribution in [0.4, 0.5) is 0 Å². The standard InChI is InChI=1S/CH9B3N/c1-5(2,3)4/h2-4H2,1H3/q+1. The van der Waals surface area contributed by atoms with Gasteiger partial charge in [-0.25, -0.2) is 0 Å². The maximum absolute atomic E-state index is 2.12. The van der Waals surface area contributed by atoms with Crippen molar-refractivity contribution in [2.45, 2.75) is 0 Å². The first-order chi connectivity index (χ1) is 2.00. The van der Waals surface area contributed by atoms with Crippen LogP contribution in [0, 0.1) is 0 Å². The van der Waals surface area contributed by atoms with Crippen molar-refractivity contribution in [2.24, 2.45) is 0 Å². The minimum atomic E-state index is 1.00. The molecule has 4 heteroatoms. The summed E-state index contributed by atoms with van der Waals surface area (Å²) in [6, 6.07) is 0. The van der Waals surface area contributed by atoms with E-state index >= 15 is 0 Å². The largest absolute Gasteiger partial charge is 0.562 e. The van der Waals surface area contributed by atoms with Crippen LogP contribution in [0.5, 0.6) is 0 Å². The number of hydrogen-bond donors (Lipinski definition) is 0. The van der Waals surface area contributed by atoms with Crippen LogP contribution in [0.2, 0.25) is 0 Å². The summed E-state index contributed by atoms with van der Waals surface area (Å²) in [6.45, 7) is 0. The van der Waals surface area contributed by atoms with Crippen molar-refractivity contribution in [1.29, 1.82) is 0 Å². The predicted molar refractivity (Wildman–Crippen MR) is 31.8 cm³/mol. The fraction of sp³-hybridized carbons (Fsp3) is 1.00. The number of hydrogen-bond acceptors (Lipinski definition) is 0. The highest BCUT2D eigenvalue weighted by atomic mass is 15.0. The molecular formula is CH9B3N+. The van der Waals surface area contributed by atoms with E-state index in [-0.39, 0.29) is 0 Å². The highest BCUT2D eigenvalue weighted by molar-refractivity contribution is 6.28. The summed E-state index contributed by atoms with van der Waals surface area (Å²) < 4.78 is 1.00. The van der Waals surface area contributed by atoms with E-state index in [0.717, 1.165) is 4.22 Å². The van der Waals surface area contributed by atoms with Crippen molar-refractivity contribution in [3.63, 3.8) is 0 Å². The SMILES string of the molecule is B[N+](B)(B)C. The highest BCUT2D eigenvalue weighted by Gasteiger charge is 1.89. The minimum absolute atomic E-state index is 1.00. The minimum Gasteiger partial charge on any atom is -0.562 e. The maximum Gasteiger partial charge on any atom is 0.330 e. The first kappa shape index (κ1) is 5.15. The Labute approximate surface area is 36.2 Å². The van der Waals surface area contributed by atoms with Crippen LogP contribution in [0.3, 0.4) is 0 Å². The normalized spacial score (nSPS) is 11.4. The van der Waals surface area contributed by atoms with Gasteiger partial charge in [0, 0.05) is 7.05 Å². The van der Waals surface area contributed by atoms with E-state index in [9.17, 15) is 0 Å². The van der Waals surface area contributed by atoms with Crippen molar-refractivity contribution in [3.8, 4) is 0 Å². The first-order valence-corrected chi connectivity index (χ1v) is 1.79. The van der Waals surface area contributed by atoms with Gasteiger partial charge in [-0.3, -0.25) is 0 Å². The second-order valence-corrected chi connectivity index (χ2v) is 2.68. The van der Waals surface area contributed by atoms with Crippen molar-refractivity contribution in [2.75, 3.05) is 7.05 Å². The zero-order valence-electron chi connectivity index (χ0n) is 4.45. The third-order valence-electron chi connectivity index (χ3n) is 0. The molecule has 0 aromatic carbocycles. The molecule has 0 atom stereocenters. The molecular weight excluding hydrogens is 58.5 g/mol. The topological polar surface area (TPSA) is 0 Å². The lowest BCUT2D eigenvalue weighted by molar-refractivity contribution is -0.522. The second-order valence-electron chi connectivity index (χ2n) is 2.68. The fourth-order valence-electron chi connectivity index (χ4n) is 0. The van der Waals surface area contributed by atoms with Gasteiger partial charge >= 0.3 is 23.9 Å². The molecule has 0 rings (SSSR count). The van der Waals surface area contributed by atoms with Crippen molar-refractivity contribution >= 4 is 23.9 Å². The van der Waals surface area contributed by atoms with Crippen LogP contribution >= 0.6 is 0 Å². The number of rotatable bonds is 0. The van der Waals surface area contributed by atoms with E-state index in [1.165, 1.54) is 0 Å². The average Bonchev–Trinajstić information content (AvgIpc) is 0.722. The molecule has 5 heavy (non-hydrogen) atoms. The lowest BCUT2D eigenvalue weighted by atomic mass is 9.97. The second kappa shape index (κ2) is 1.09. The van der Waals surface area contributed by atoms with Gasteiger partial charge in [0.1, 0.15) is 0 Å². The maximum atomic E-state index is 2.12. The number of quaternary nitrogens is 1. The average molecular weight is 67.5 g/mol. The summed E-state index contributed by atoms with van der Waals surface area (Å²) in [4.78, 5) is 0. The lowest BCUT2D eigenvalue weighted by Gasteiger charge is -2.20. The van der Waals surface area contributed by atoms with Gasteiger partial charge in [0.05, 0.1) is 0 Å². The molecule has 0 unspecified atom stereocenters. The Hall–Kier alpha value is 0.155. The van der Waals surface area contributed by atoms with Crippen LogP contribution in [-0.4, -0.2) is 35.2 Å². The van der Waals surface area contributed by atoms with Gasteiger partial charge in [0.25, 0.3) is 0 Å². The molecule has 0 N–H and O–H groups in total. The molecule has 26 valence electrons. The van der Waals surface area contributed by atoms with E-state index < -0.39 is 0 Å². The van der Waals surface area contributed by atoms with Crippen LogP contribution in [-0.2, 0) is 0 Å². The predicted octanol–water partition coefficient (Wildman–Crippen LogP) is -2.92. The Balaban J connectivity index is 3.02. The molecule has 0 aromatic rings. The van der Waals surface area contributed by atoms with Crippen LogP contribution < -0.4 is 0 Å². The van der Waals surface area contributed by atoms with Gasteiger partial charge in [-0.2, -0.15) is 0 Å². The Morgan fingerprint density at radius 1 is 1.20 bits per heavy atom.